The second-order valence-electron chi connectivity index (χ2n) is 6.75. The van der Waals surface area contributed by atoms with E-state index in [-0.39, 0.29) is 24.2 Å². The van der Waals surface area contributed by atoms with E-state index >= 15 is 0 Å². The van der Waals surface area contributed by atoms with Gasteiger partial charge in [0.05, 0.1) is 4.90 Å². The Morgan fingerprint density at radius 1 is 1.24 bits per heavy atom. The lowest BCUT2D eigenvalue weighted by Crippen LogP contribution is -2.54. The summed E-state index contributed by atoms with van der Waals surface area (Å²) in [5.74, 6) is -1.85. The Labute approximate surface area is 148 Å². The van der Waals surface area contributed by atoms with E-state index in [9.17, 15) is 23.1 Å². The average molecular weight is 367 g/mol. The molecule has 2 rings (SSSR count). The van der Waals surface area contributed by atoms with Gasteiger partial charge in [-0.15, -0.1) is 0 Å². The van der Waals surface area contributed by atoms with Crippen LogP contribution in [0.5, 0.6) is 0 Å². The zero-order valence-corrected chi connectivity index (χ0v) is 15.6. The molecule has 1 aromatic rings. The van der Waals surface area contributed by atoms with Gasteiger partial charge in [-0.25, -0.2) is 13.2 Å². The Bertz CT molecular complexity index is 779. The van der Waals surface area contributed by atoms with Crippen LogP contribution in [-0.2, 0) is 19.4 Å². The fourth-order valence-electron chi connectivity index (χ4n) is 3.40. The molecular weight excluding hydrogens is 342 g/mol. The lowest BCUT2D eigenvalue weighted by atomic mass is 10.1. The monoisotopic (exact) mass is 367 g/mol. The topological polar surface area (TPSA) is 101 Å². The summed E-state index contributed by atoms with van der Waals surface area (Å²) in [5.41, 5.74) is 1.39. The first-order valence-corrected chi connectivity index (χ1v) is 9.99. The Balaban J connectivity index is 2.50. The van der Waals surface area contributed by atoms with Crippen molar-refractivity contribution in [2.24, 2.45) is 0 Å². The van der Waals surface area contributed by atoms with E-state index in [1.54, 1.807) is 32.9 Å². The normalized spacial score (nSPS) is 17.9. The predicted molar refractivity (Wildman–Crippen MR) is 94.2 cm³/mol. The SMILES string of the molecule is CCC(NC(=O)C1(S(=O)(=O)c2cc(C)ccc2C)CCCC1)C(=O)O. The minimum Gasteiger partial charge on any atom is -0.480 e. The summed E-state index contributed by atoms with van der Waals surface area (Å²) in [6.07, 6.45) is 1.87. The molecule has 6 nitrogen and oxygen atoms in total. The average Bonchev–Trinajstić information content (AvgIpc) is 3.05. The molecule has 1 saturated carbocycles. The van der Waals surface area contributed by atoms with Crippen LogP contribution in [0.4, 0.5) is 0 Å². The van der Waals surface area contributed by atoms with Gasteiger partial charge >= 0.3 is 5.97 Å². The molecule has 1 fully saturated rings. The molecule has 1 amide bonds. The van der Waals surface area contributed by atoms with Gasteiger partial charge in [0.2, 0.25) is 5.91 Å². The van der Waals surface area contributed by atoms with Crippen LogP contribution >= 0.6 is 0 Å². The van der Waals surface area contributed by atoms with Gasteiger partial charge in [0, 0.05) is 0 Å². The molecule has 0 aromatic heterocycles. The summed E-state index contributed by atoms with van der Waals surface area (Å²) >= 11 is 0. The van der Waals surface area contributed by atoms with E-state index in [4.69, 9.17) is 0 Å². The third kappa shape index (κ3) is 3.42. The maximum Gasteiger partial charge on any atom is 0.326 e. The number of aryl methyl sites for hydroxylation is 2. The van der Waals surface area contributed by atoms with Gasteiger partial charge in [-0.05, 0) is 50.3 Å². The summed E-state index contributed by atoms with van der Waals surface area (Å²) in [6.45, 7) is 5.15. The first kappa shape index (κ1) is 19.4. The number of sulfone groups is 1. The highest BCUT2D eigenvalue weighted by molar-refractivity contribution is 7.93. The third-order valence-electron chi connectivity index (χ3n) is 4.98. The molecule has 0 heterocycles. The van der Waals surface area contributed by atoms with E-state index in [1.165, 1.54) is 0 Å². The number of amides is 1. The lowest BCUT2D eigenvalue weighted by molar-refractivity contribution is -0.142. The zero-order valence-electron chi connectivity index (χ0n) is 14.8. The van der Waals surface area contributed by atoms with E-state index < -0.39 is 32.5 Å². The molecule has 1 aromatic carbocycles. The van der Waals surface area contributed by atoms with Crippen molar-refractivity contribution in [1.29, 1.82) is 0 Å². The van der Waals surface area contributed by atoms with Gasteiger partial charge in [0.15, 0.2) is 14.6 Å². The van der Waals surface area contributed by atoms with Gasteiger partial charge in [-0.1, -0.05) is 31.9 Å². The largest absolute Gasteiger partial charge is 0.480 e. The highest BCUT2D eigenvalue weighted by Gasteiger charge is 2.53. The van der Waals surface area contributed by atoms with Crippen LogP contribution in [0.25, 0.3) is 0 Å². The van der Waals surface area contributed by atoms with Crippen molar-refractivity contribution in [3.63, 3.8) is 0 Å². The molecule has 0 aliphatic heterocycles. The van der Waals surface area contributed by atoms with Gasteiger partial charge in [-0.3, -0.25) is 4.79 Å². The Hall–Kier alpha value is -1.89. The second-order valence-corrected chi connectivity index (χ2v) is 8.97. The highest BCUT2D eigenvalue weighted by atomic mass is 32.2. The first-order valence-electron chi connectivity index (χ1n) is 8.51. The Kier molecular flexibility index (Phi) is 5.56. The molecule has 0 radical (unpaired) electrons. The smallest absolute Gasteiger partial charge is 0.326 e. The lowest BCUT2D eigenvalue weighted by Gasteiger charge is -2.29. The Morgan fingerprint density at radius 3 is 2.36 bits per heavy atom. The zero-order chi connectivity index (χ0) is 18.8. The molecule has 0 spiro atoms. The maximum absolute atomic E-state index is 13.4. The van der Waals surface area contributed by atoms with Crippen LogP contribution < -0.4 is 5.32 Å². The van der Waals surface area contributed by atoms with Gasteiger partial charge in [0.1, 0.15) is 6.04 Å². The second kappa shape index (κ2) is 7.15. The third-order valence-corrected chi connectivity index (χ3v) is 7.63. The molecule has 1 aliphatic rings. The quantitative estimate of drug-likeness (QED) is 0.804. The van der Waals surface area contributed by atoms with Gasteiger partial charge < -0.3 is 10.4 Å². The minimum absolute atomic E-state index is 0.160. The van der Waals surface area contributed by atoms with Gasteiger partial charge in [-0.2, -0.15) is 0 Å². The molecular formula is C18H25NO5S. The summed E-state index contributed by atoms with van der Waals surface area (Å²) < 4.78 is 25.2. The maximum atomic E-state index is 13.4. The molecule has 0 saturated heterocycles. The molecule has 1 unspecified atom stereocenters. The number of rotatable bonds is 6. The van der Waals surface area contributed by atoms with Crippen molar-refractivity contribution >= 4 is 21.7 Å². The number of carbonyl (C=O) groups is 2. The number of hydrogen-bond acceptors (Lipinski definition) is 4. The molecule has 25 heavy (non-hydrogen) atoms. The first-order chi connectivity index (χ1) is 11.7. The predicted octanol–water partition coefficient (Wildman–Crippen LogP) is 2.37. The summed E-state index contributed by atoms with van der Waals surface area (Å²) in [5, 5.41) is 11.6. The highest BCUT2D eigenvalue weighted by Crippen LogP contribution is 2.41. The molecule has 0 bridgehead atoms. The molecule has 1 aliphatic carbocycles. The van der Waals surface area contributed by atoms with Gasteiger partial charge in [0.25, 0.3) is 0 Å². The summed E-state index contributed by atoms with van der Waals surface area (Å²) in [6, 6.07) is 4.06. The van der Waals surface area contributed by atoms with Crippen molar-refractivity contribution in [1.82, 2.24) is 5.32 Å². The molecule has 1 atom stereocenters. The van der Waals surface area contributed by atoms with Crippen molar-refractivity contribution in [2.45, 2.75) is 68.6 Å². The van der Waals surface area contributed by atoms with Crippen LogP contribution in [0.1, 0.15) is 50.2 Å². The van der Waals surface area contributed by atoms with Crippen LogP contribution in [-0.4, -0.2) is 36.2 Å². The van der Waals surface area contributed by atoms with Crippen LogP contribution in [0.3, 0.4) is 0 Å². The number of carbonyl (C=O) groups excluding carboxylic acids is 1. The van der Waals surface area contributed by atoms with Crippen LogP contribution in [0.15, 0.2) is 23.1 Å². The minimum atomic E-state index is -3.94. The van der Waals surface area contributed by atoms with E-state index in [1.807, 2.05) is 6.07 Å². The number of aliphatic carboxylic acids is 1. The number of benzene rings is 1. The molecule has 138 valence electrons. The van der Waals surface area contributed by atoms with E-state index in [0.29, 0.717) is 18.4 Å². The number of nitrogens with one attached hydrogen (secondary N) is 1. The Morgan fingerprint density at radius 2 is 1.84 bits per heavy atom. The number of carboxylic acids is 1. The van der Waals surface area contributed by atoms with E-state index in [2.05, 4.69) is 5.32 Å². The standard InChI is InChI=1S/C18H25NO5S/c1-4-14(16(20)21)19-17(22)18(9-5-6-10-18)25(23,24)15-11-12(2)7-8-13(15)3/h7-8,11,14H,4-6,9-10H2,1-3H3,(H,19,22)(H,20,21). The van der Waals surface area contributed by atoms with Crippen molar-refractivity contribution in [3.8, 4) is 0 Å². The number of carboxylic acid groups (broad SMARTS) is 1. The van der Waals surface area contributed by atoms with Crippen molar-refractivity contribution in [2.75, 3.05) is 0 Å². The molecule has 7 heteroatoms. The van der Waals surface area contributed by atoms with Crippen LogP contribution in [0.2, 0.25) is 0 Å². The van der Waals surface area contributed by atoms with Crippen molar-refractivity contribution < 1.29 is 23.1 Å². The number of hydrogen-bond donors (Lipinski definition) is 2. The summed E-state index contributed by atoms with van der Waals surface area (Å²) in [4.78, 5) is 24.3. The summed E-state index contributed by atoms with van der Waals surface area (Å²) in [7, 11) is -3.94. The van der Waals surface area contributed by atoms with E-state index in [0.717, 1.165) is 5.56 Å². The molecule has 2 N–H and O–H groups in total. The van der Waals surface area contributed by atoms with Crippen LogP contribution in [0, 0.1) is 13.8 Å². The van der Waals surface area contributed by atoms with Crippen molar-refractivity contribution in [3.05, 3.63) is 29.3 Å². The fourth-order valence-corrected chi connectivity index (χ4v) is 5.78. The fraction of sp³-hybridized carbons (Fsp3) is 0.556.